The molecular formula is C14H24N4S. The fourth-order valence-corrected chi connectivity index (χ4v) is 2.34. The third-order valence-corrected chi connectivity index (χ3v) is 3.25. The number of thiocarbonyl (C=S) groups is 1. The first-order valence-electron chi connectivity index (χ1n) is 6.68. The lowest BCUT2D eigenvalue weighted by Crippen LogP contribution is -2.40. The molecule has 0 fully saturated rings. The van der Waals surface area contributed by atoms with Crippen LogP contribution in [0.2, 0.25) is 0 Å². The molecule has 5 heteroatoms. The minimum atomic E-state index is 0.327. The van der Waals surface area contributed by atoms with Gasteiger partial charge in [-0.1, -0.05) is 12.2 Å². The summed E-state index contributed by atoms with van der Waals surface area (Å²) in [7, 11) is 0. The number of hydrogen-bond donors (Lipinski definition) is 2. The van der Waals surface area contributed by atoms with E-state index in [0.29, 0.717) is 22.8 Å². The first-order valence-corrected chi connectivity index (χ1v) is 7.08. The average molecular weight is 280 g/mol. The van der Waals surface area contributed by atoms with Crippen LogP contribution in [-0.2, 0) is 0 Å². The lowest BCUT2D eigenvalue weighted by molar-refractivity contribution is 0.182. The third-order valence-electron chi connectivity index (χ3n) is 3.05. The molecule has 0 aliphatic heterocycles. The van der Waals surface area contributed by atoms with Crippen LogP contribution in [0.5, 0.6) is 0 Å². The number of nitrogens with zero attached hydrogens (tertiary/aromatic N) is 2. The number of rotatable bonds is 7. The number of hydrogen-bond acceptors (Lipinski definition) is 4. The van der Waals surface area contributed by atoms with Crippen LogP contribution in [0.25, 0.3) is 0 Å². The molecule has 4 nitrogen and oxygen atoms in total. The average Bonchev–Trinajstić information content (AvgIpc) is 2.33. The van der Waals surface area contributed by atoms with E-state index in [1.807, 2.05) is 12.1 Å². The molecule has 0 saturated heterocycles. The Kier molecular flexibility index (Phi) is 6.18. The van der Waals surface area contributed by atoms with Gasteiger partial charge in [-0.2, -0.15) is 0 Å². The largest absolute Gasteiger partial charge is 0.388 e. The Labute approximate surface area is 121 Å². The summed E-state index contributed by atoms with van der Waals surface area (Å²) in [5, 5.41) is 3.36. The van der Waals surface area contributed by atoms with Gasteiger partial charge in [-0.05, 0) is 39.8 Å². The van der Waals surface area contributed by atoms with Crippen molar-refractivity contribution in [2.75, 3.05) is 18.4 Å². The maximum Gasteiger partial charge on any atom is 0.124 e. The first-order chi connectivity index (χ1) is 8.93. The van der Waals surface area contributed by atoms with Crippen molar-refractivity contribution in [3.05, 3.63) is 24.0 Å². The summed E-state index contributed by atoms with van der Waals surface area (Å²) in [6.07, 6.45) is 1.70. The Balaban J connectivity index is 2.60. The summed E-state index contributed by atoms with van der Waals surface area (Å²) in [5.41, 5.74) is 7.23. The van der Waals surface area contributed by atoms with Crippen LogP contribution in [-0.4, -0.2) is 40.0 Å². The second-order valence-electron chi connectivity index (χ2n) is 5.12. The van der Waals surface area contributed by atoms with Crippen molar-refractivity contribution in [2.24, 2.45) is 5.73 Å². The van der Waals surface area contributed by atoms with Crippen LogP contribution in [0.4, 0.5) is 5.69 Å². The minimum Gasteiger partial charge on any atom is -0.388 e. The molecule has 0 aliphatic rings. The summed E-state index contributed by atoms with van der Waals surface area (Å²) >= 11 is 5.00. The molecule has 0 amide bonds. The van der Waals surface area contributed by atoms with Crippen LogP contribution in [0.1, 0.15) is 33.4 Å². The van der Waals surface area contributed by atoms with Gasteiger partial charge in [0.1, 0.15) is 10.7 Å². The van der Waals surface area contributed by atoms with E-state index >= 15 is 0 Å². The summed E-state index contributed by atoms with van der Waals surface area (Å²) in [5.74, 6) is 0. The Bertz CT molecular complexity index is 410. The van der Waals surface area contributed by atoms with Gasteiger partial charge in [0.2, 0.25) is 0 Å². The Morgan fingerprint density at radius 2 is 2.00 bits per heavy atom. The van der Waals surface area contributed by atoms with Crippen molar-refractivity contribution in [1.29, 1.82) is 0 Å². The molecule has 1 aromatic rings. The molecular weight excluding hydrogens is 256 g/mol. The monoisotopic (exact) mass is 280 g/mol. The van der Waals surface area contributed by atoms with Gasteiger partial charge in [-0.3, -0.25) is 9.88 Å². The van der Waals surface area contributed by atoms with E-state index in [9.17, 15) is 0 Å². The molecule has 1 heterocycles. The number of nitrogens with two attached hydrogens (primary N) is 1. The molecule has 1 aromatic heterocycles. The van der Waals surface area contributed by atoms with E-state index in [2.05, 4.69) is 42.9 Å². The van der Waals surface area contributed by atoms with Gasteiger partial charge in [-0.15, -0.1) is 0 Å². The van der Waals surface area contributed by atoms with E-state index in [4.69, 9.17) is 18.0 Å². The fourth-order valence-electron chi connectivity index (χ4n) is 2.18. The molecule has 0 spiro atoms. The van der Waals surface area contributed by atoms with Gasteiger partial charge >= 0.3 is 0 Å². The molecule has 0 atom stereocenters. The highest BCUT2D eigenvalue weighted by molar-refractivity contribution is 7.80. The van der Waals surface area contributed by atoms with Crippen molar-refractivity contribution in [3.8, 4) is 0 Å². The Hall–Kier alpha value is -1.20. The smallest absolute Gasteiger partial charge is 0.124 e. The molecule has 0 bridgehead atoms. The van der Waals surface area contributed by atoms with E-state index < -0.39 is 0 Å². The van der Waals surface area contributed by atoms with Crippen LogP contribution < -0.4 is 11.1 Å². The standard InChI is InChI=1S/C14H24N4S/c1-10(2)18(11(3)4)9-8-16-12-6-5-7-17-13(12)14(15)19/h5-7,10-11,16H,8-9H2,1-4H3,(H2,15,19). The lowest BCUT2D eigenvalue weighted by Gasteiger charge is -2.30. The number of pyridine rings is 1. The van der Waals surface area contributed by atoms with Gasteiger partial charge in [0.25, 0.3) is 0 Å². The van der Waals surface area contributed by atoms with Crippen molar-refractivity contribution in [2.45, 2.75) is 39.8 Å². The third kappa shape index (κ3) is 4.76. The fraction of sp³-hybridized carbons (Fsp3) is 0.571. The molecule has 0 aromatic carbocycles. The van der Waals surface area contributed by atoms with Crippen LogP contribution in [0, 0.1) is 0 Å². The predicted octanol–water partition coefficient (Wildman–Crippen LogP) is 2.25. The zero-order valence-electron chi connectivity index (χ0n) is 12.2. The van der Waals surface area contributed by atoms with Gasteiger partial charge in [0.05, 0.1) is 5.69 Å². The summed E-state index contributed by atoms with van der Waals surface area (Å²) in [6.45, 7) is 10.7. The van der Waals surface area contributed by atoms with Crippen LogP contribution in [0.3, 0.4) is 0 Å². The Morgan fingerprint density at radius 3 is 2.53 bits per heavy atom. The second kappa shape index (κ2) is 7.40. The van der Waals surface area contributed by atoms with Crippen molar-refractivity contribution >= 4 is 22.9 Å². The maximum absolute atomic E-state index is 5.66. The molecule has 0 radical (unpaired) electrons. The topological polar surface area (TPSA) is 54.2 Å². The van der Waals surface area contributed by atoms with Gasteiger partial charge in [0.15, 0.2) is 0 Å². The highest BCUT2D eigenvalue weighted by Crippen LogP contribution is 2.12. The highest BCUT2D eigenvalue weighted by Gasteiger charge is 2.13. The van der Waals surface area contributed by atoms with E-state index in [0.717, 1.165) is 18.8 Å². The van der Waals surface area contributed by atoms with Crippen molar-refractivity contribution < 1.29 is 0 Å². The lowest BCUT2D eigenvalue weighted by atomic mass is 10.2. The summed E-state index contributed by atoms with van der Waals surface area (Å²) in [4.78, 5) is 6.96. The summed E-state index contributed by atoms with van der Waals surface area (Å²) in [6, 6.07) is 4.90. The SMILES string of the molecule is CC(C)N(CCNc1cccnc1C(N)=S)C(C)C. The number of aromatic nitrogens is 1. The normalized spacial score (nSPS) is 11.3. The second-order valence-corrected chi connectivity index (χ2v) is 5.56. The zero-order chi connectivity index (χ0) is 14.4. The molecule has 0 aliphatic carbocycles. The van der Waals surface area contributed by atoms with Crippen LogP contribution >= 0.6 is 12.2 Å². The predicted molar refractivity (Wildman–Crippen MR) is 85.6 cm³/mol. The van der Waals surface area contributed by atoms with Gasteiger partial charge in [-0.25, -0.2) is 0 Å². The van der Waals surface area contributed by atoms with Crippen LogP contribution in [0.15, 0.2) is 18.3 Å². The van der Waals surface area contributed by atoms with E-state index in [1.165, 1.54) is 0 Å². The minimum absolute atomic E-state index is 0.327. The Morgan fingerprint density at radius 1 is 1.37 bits per heavy atom. The quantitative estimate of drug-likeness (QED) is 0.750. The highest BCUT2D eigenvalue weighted by atomic mass is 32.1. The molecule has 1 rings (SSSR count). The first kappa shape index (κ1) is 15.9. The number of anilines is 1. The van der Waals surface area contributed by atoms with Crippen molar-refractivity contribution in [3.63, 3.8) is 0 Å². The van der Waals surface area contributed by atoms with Gasteiger partial charge in [0, 0.05) is 31.4 Å². The molecule has 106 valence electrons. The molecule has 0 unspecified atom stereocenters. The molecule has 3 N–H and O–H groups in total. The number of nitrogens with one attached hydrogen (secondary N) is 1. The summed E-state index contributed by atoms with van der Waals surface area (Å²) < 4.78 is 0. The van der Waals surface area contributed by atoms with Crippen molar-refractivity contribution in [1.82, 2.24) is 9.88 Å². The van der Waals surface area contributed by atoms with E-state index in [-0.39, 0.29) is 0 Å². The van der Waals surface area contributed by atoms with Gasteiger partial charge < -0.3 is 11.1 Å². The molecule has 0 saturated carbocycles. The van der Waals surface area contributed by atoms with E-state index in [1.54, 1.807) is 6.20 Å². The maximum atomic E-state index is 5.66. The zero-order valence-corrected chi connectivity index (χ0v) is 13.0. The molecule has 19 heavy (non-hydrogen) atoms.